The SMILES string of the molecule is C#CC(C)Nc1ccc(Br)cc1OC(F)(F)F. The number of rotatable bonds is 3. The normalized spacial score (nSPS) is 12.7. The second-order valence-electron chi connectivity index (χ2n) is 3.22. The van der Waals surface area contributed by atoms with Gasteiger partial charge in [-0.2, -0.15) is 0 Å². The highest BCUT2D eigenvalue weighted by Gasteiger charge is 2.32. The van der Waals surface area contributed by atoms with Crippen LogP contribution in [-0.4, -0.2) is 12.4 Å². The van der Waals surface area contributed by atoms with Crippen LogP contribution in [0.3, 0.4) is 0 Å². The quantitative estimate of drug-likeness (QED) is 0.858. The smallest absolute Gasteiger partial charge is 0.404 e. The van der Waals surface area contributed by atoms with Crippen LogP contribution in [0.25, 0.3) is 0 Å². The summed E-state index contributed by atoms with van der Waals surface area (Å²) in [4.78, 5) is 0. The third-order valence-electron chi connectivity index (χ3n) is 1.79. The van der Waals surface area contributed by atoms with Crippen LogP contribution >= 0.6 is 15.9 Å². The number of hydrogen-bond acceptors (Lipinski definition) is 2. The molecule has 1 aromatic carbocycles. The van der Waals surface area contributed by atoms with E-state index in [1.54, 1.807) is 13.0 Å². The molecule has 0 aromatic heterocycles. The molecule has 1 N–H and O–H groups in total. The van der Waals surface area contributed by atoms with E-state index in [0.29, 0.717) is 4.47 Å². The predicted octanol–water partition coefficient (Wildman–Crippen LogP) is 3.78. The molecule has 1 atom stereocenters. The van der Waals surface area contributed by atoms with Crippen LogP contribution in [0, 0.1) is 12.3 Å². The van der Waals surface area contributed by atoms with Gasteiger partial charge in [-0.25, -0.2) is 0 Å². The number of benzene rings is 1. The van der Waals surface area contributed by atoms with Gasteiger partial charge < -0.3 is 10.1 Å². The van der Waals surface area contributed by atoms with Crippen LogP contribution < -0.4 is 10.1 Å². The van der Waals surface area contributed by atoms with E-state index in [-0.39, 0.29) is 11.4 Å². The molecule has 0 spiro atoms. The third kappa shape index (κ3) is 4.57. The van der Waals surface area contributed by atoms with E-state index in [1.165, 1.54) is 12.1 Å². The zero-order valence-electron chi connectivity index (χ0n) is 8.81. The fourth-order valence-corrected chi connectivity index (χ4v) is 1.44. The number of halogens is 4. The third-order valence-corrected chi connectivity index (χ3v) is 2.28. The Hall–Kier alpha value is -1.35. The molecule has 0 saturated heterocycles. The van der Waals surface area contributed by atoms with Gasteiger partial charge in [0, 0.05) is 4.47 Å². The van der Waals surface area contributed by atoms with Crippen molar-refractivity contribution < 1.29 is 17.9 Å². The first-order chi connectivity index (χ1) is 7.81. The highest BCUT2D eigenvalue weighted by Crippen LogP contribution is 2.33. The van der Waals surface area contributed by atoms with Crippen LogP contribution in [0.2, 0.25) is 0 Å². The van der Waals surface area contributed by atoms with Crippen molar-refractivity contribution in [1.82, 2.24) is 0 Å². The van der Waals surface area contributed by atoms with E-state index in [0.717, 1.165) is 0 Å². The number of anilines is 1. The molecule has 6 heteroatoms. The molecular weight excluding hydrogens is 299 g/mol. The molecule has 0 bridgehead atoms. The summed E-state index contributed by atoms with van der Waals surface area (Å²) in [7, 11) is 0. The van der Waals surface area contributed by atoms with Crippen molar-refractivity contribution in [2.45, 2.75) is 19.3 Å². The Labute approximate surface area is 105 Å². The minimum absolute atomic E-state index is 0.191. The first-order valence-electron chi connectivity index (χ1n) is 4.60. The second kappa shape index (κ2) is 5.32. The van der Waals surface area contributed by atoms with E-state index in [4.69, 9.17) is 6.42 Å². The summed E-state index contributed by atoms with van der Waals surface area (Å²) < 4.78 is 40.9. The largest absolute Gasteiger partial charge is 0.573 e. The number of terminal acetylenes is 1. The Morgan fingerprint density at radius 3 is 2.65 bits per heavy atom. The van der Waals surface area contributed by atoms with Gasteiger partial charge in [0.1, 0.15) is 0 Å². The molecular formula is C11H9BrF3NO. The summed E-state index contributed by atoms with van der Waals surface area (Å²) in [6.45, 7) is 1.65. The van der Waals surface area contributed by atoms with Crippen LogP contribution in [0.1, 0.15) is 6.92 Å². The van der Waals surface area contributed by atoms with Crippen molar-refractivity contribution in [3.05, 3.63) is 22.7 Å². The van der Waals surface area contributed by atoms with Crippen molar-refractivity contribution in [2.75, 3.05) is 5.32 Å². The highest BCUT2D eigenvalue weighted by atomic mass is 79.9. The van der Waals surface area contributed by atoms with Gasteiger partial charge in [-0.05, 0) is 25.1 Å². The number of ether oxygens (including phenoxy) is 1. The van der Waals surface area contributed by atoms with Crippen LogP contribution in [-0.2, 0) is 0 Å². The molecule has 0 aliphatic carbocycles. The van der Waals surface area contributed by atoms with Gasteiger partial charge >= 0.3 is 6.36 Å². The van der Waals surface area contributed by atoms with E-state index >= 15 is 0 Å². The summed E-state index contributed by atoms with van der Waals surface area (Å²) in [5.41, 5.74) is 0.191. The van der Waals surface area contributed by atoms with Crippen molar-refractivity contribution in [1.29, 1.82) is 0 Å². The van der Waals surface area contributed by atoms with E-state index < -0.39 is 12.4 Å². The van der Waals surface area contributed by atoms with Gasteiger partial charge in [0.05, 0.1) is 11.7 Å². The summed E-state index contributed by atoms with van der Waals surface area (Å²) >= 11 is 3.07. The lowest BCUT2D eigenvalue weighted by Crippen LogP contribution is -2.19. The topological polar surface area (TPSA) is 21.3 Å². The van der Waals surface area contributed by atoms with Crippen molar-refractivity contribution in [3.63, 3.8) is 0 Å². The second-order valence-corrected chi connectivity index (χ2v) is 4.14. The maximum Gasteiger partial charge on any atom is 0.573 e. The summed E-state index contributed by atoms with van der Waals surface area (Å²) in [6, 6.07) is 3.87. The van der Waals surface area contributed by atoms with Gasteiger partial charge in [0.2, 0.25) is 0 Å². The maximum atomic E-state index is 12.2. The number of nitrogens with one attached hydrogen (secondary N) is 1. The van der Waals surface area contributed by atoms with E-state index in [9.17, 15) is 13.2 Å². The van der Waals surface area contributed by atoms with Crippen LogP contribution in [0.4, 0.5) is 18.9 Å². The standard InChI is InChI=1S/C11H9BrF3NO/c1-3-7(2)16-9-5-4-8(12)6-10(9)17-11(13,14)15/h1,4-7,16H,2H3. The highest BCUT2D eigenvalue weighted by molar-refractivity contribution is 9.10. The van der Waals surface area contributed by atoms with Gasteiger partial charge in [-0.15, -0.1) is 19.6 Å². The van der Waals surface area contributed by atoms with Crippen molar-refractivity contribution in [2.24, 2.45) is 0 Å². The van der Waals surface area contributed by atoms with E-state index in [1.807, 2.05) is 0 Å². The number of hydrogen-bond donors (Lipinski definition) is 1. The zero-order chi connectivity index (χ0) is 13.1. The monoisotopic (exact) mass is 307 g/mol. The van der Waals surface area contributed by atoms with Crippen molar-refractivity contribution in [3.8, 4) is 18.1 Å². The fraction of sp³-hybridized carbons (Fsp3) is 0.273. The van der Waals surface area contributed by atoms with Crippen LogP contribution in [0.5, 0.6) is 5.75 Å². The average Bonchev–Trinajstić information content (AvgIpc) is 2.19. The summed E-state index contributed by atoms with van der Waals surface area (Å²) in [5, 5.41) is 2.73. The molecule has 0 radical (unpaired) electrons. The molecule has 1 rings (SSSR count). The minimum atomic E-state index is -4.74. The minimum Gasteiger partial charge on any atom is -0.404 e. The Bertz CT molecular complexity index is 439. The Morgan fingerprint density at radius 1 is 1.47 bits per heavy atom. The molecule has 17 heavy (non-hydrogen) atoms. The van der Waals surface area contributed by atoms with Gasteiger partial charge in [0.15, 0.2) is 5.75 Å². The predicted molar refractivity (Wildman–Crippen MR) is 62.7 cm³/mol. The Balaban J connectivity index is 3.00. The summed E-state index contributed by atoms with van der Waals surface area (Å²) in [5.74, 6) is 2.03. The molecule has 0 aliphatic rings. The molecule has 0 amide bonds. The lowest BCUT2D eigenvalue weighted by atomic mass is 10.2. The van der Waals surface area contributed by atoms with E-state index in [2.05, 4.69) is 31.9 Å². The lowest BCUT2D eigenvalue weighted by Gasteiger charge is -2.16. The molecule has 0 aliphatic heterocycles. The van der Waals surface area contributed by atoms with Gasteiger partial charge in [-0.1, -0.05) is 21.9 Å². The first-order valence-corrected chi connectivity index (χ1v) is 5.39. The van der Waals surface area contributed by atoms with Crippen LogP contribution in [0.15, 0.2) is 22.7 Å². The Kier molecular flexibility index (Phi) is 4.29. The molecule has 0 fully saturated rings. The average molecular weight is 308 g/mol. The van der Waals surface area contributed by atoms with Gasteiger partial charge in [-0.3, -0.25) is 0 Å². The Morgan fingerprint density at radius 2 is 2.12 bits per heavy atom. The molecule has 0 heterocycles. The summed E-state index contributed by atoms with van der Waals surface area (Å²) in [6.07, 6.45) is 0.403. The zero-order valence-corrected chi connectivity index (χ0v) is 10.4. The maximum absolute atomic E-state index is 12.2. The van der Waals surface area contributed by atoms with Crippen molar-refractivity contribution >= 4 is 21.6 Å². The first kappa shape index (κ1) is 13.7. The lowest BCUT2D eigenvalue weighted by molar-refractivity contribution is -0.274. The fourth-order valence-electron chi connectivity index (χ4n) is 1.10. The van der Waals surface area contributed by atoms with Gasteiger partial charge in [0.25, 0.3) is 0 Å². The molecule has 0 saturated carbocycles. The molecule has 1 unspecified atom stereocenters. The molecule has 1 aromatic rings. The molecule has 92 valence electrons. The molecule has 2 nitrogen and oxygen atoms in total. The number of alkyl halides is 3.